The SMILES string of the molecule is CC1(C)C(=O)N(C2C3CCCC4CC2CC4C3)C1c1ccccc1. The summed E-state index contributed by atoms with van der Waals surface area (Å²) < 4.78 is 0. The van der Waals surface area contributed by atoms with E-state index in [0.717, 1.165) is 23.7 Å². The van der Waals surface area contributed by atoms with Gasteiger partial charge in [0.05, 0.1) is 11.5 Å². The van der Waals surface area contributed by atoms with Crippen molar-refractivity contribution in [1.29, 1.82) is 0 Å². The first-order chi connectivity index (χ1) is 11.6. The van der Waals surface area contributed by atoms with Gasteiger partial charge in [0.25, 0.3) is 0 Å². The van der Waals surface area contributed by atoms with Crippen molar-refractivity contribution in [3.8, 4) is 0 Å². The standard InChI is InChI=1S/C22H29NO/c1-22(2)20(14-7-4-3-5-8-14)23(21(22)24)19-16-10-6-9-15-11-18(19)13-17(15)12-16/h3-5,7-8,15-20H,6,9-13H2,1-2H3. The number of amides is 1. The lowest BCUT2D eigenvalue weighted by Gasteiger charge is -2.60. The Morgan fingerprint density at radius 2 is 1.58 bits per heavy atom. The molecule has 128 valence electrons. The number of likely N-dealkylation sites (tertiary alicyclic amines) is 1. The second-order valence-electron chi connectivity index (χ2n) is 9.42. The van der Waals surface area contributed by atoms with E-state index in [0.29, 0.717) is 11.9 Å². The van der Waals surface area contributed by atoms with Crippen LogP contribution in [0.3, 0.4) is 0 Å². The summed E-state index contributed by atoms with van der Waals surface area (Å²) in [6.07, 6.45) is 8.34. The van der Waals surface area contributed by atoms with Crippen LogP contribution in [-0.2, 0) is 4.79 Å². The Labute approximate surface area is 145 Å². The number of fused-ring (bicyclic) bond motifs is 2. The Morgan fingerprint density at radius 1 is 0.917 bits per heavy atom. The Hall–Kier alpha value is -1.31. The predicted octanol–water partition coefficient (Wildman–Crippen LogP) is 4.81. The van der Waals surface area contributed by atoms with Crippen LogP contribution in [0.5, 0.6) is 0 Å². The molecule has 1 aliphatic heterocycles. The van der Waals surface area contributed by atoms with Crippen LogP contribution in [0.1, 0.15) is 64.0 Å². The van der Waals surface area contributed by atoms with Gasteiger partial charge >= 0.3 is 0 Å². The maximum atomic E-state index is 13.1. The number of benzene rings is 1. The predicted molar refractivity (Wildman–Crippen MR) is 95.3 cm³/mol. The normalized spacial score (nSPS) is 42.8. The largest absolute Gasteiger partial charge is 0.331 e. The quantitative estimate of drug-likeness (QED) is 0.715. The van der Waals surface area contributed by atoms with E-state index in [9.17, 15) is 4.79 Å². The van der Waals surface area contributed by atoms with Crippen LogP contribution in [0.4, 0.5) is 0 Å². The molecule has 0 aromatic heterocycles. The molecule has 0 spiro atoms. The third-order valence-electron chi connectivity index (χ3n) is 7.78. The zero-order valence-electron chi connectivity index (χ0n) is 14.9. The van der Waals surface area contributed by atoms with E-state index in [2.05, 4.69) is 49.1 Å². The van der Waals surface area contributed by atoms with Gasteiger partial charge in [0.15, 0.2) is 0 Å². The fourth-order valence-corrected chi connectivity index (χ4v) is 6.85. The van der Waals surface area contributed by atoms with Crippen molar-refractivity contribution < 1.29 is 4.79 Å². The Morgan fingerprint density at radius 3 is 2.38 bits per heavy atom. The fraction of sp³-hybridized carbons (Fsp3) is 0.682. The zero-order chi connectivity index (χ0) is 16.5. The maximum Gasteiger partial charge on any atom is 0.231 e. The number of nitrogens with zero attached hydrogens (tertiary/aromatic N) is 1. The number of hydrogen-bond donors (Lipinski definition) is 0. The molecule has 1 heterocycles. The van der Waals surface area contributed by atoms with Crippen molar-refractivity contribution in [2.75, 3.05) is 0 Å². The van der Waals surface area contributed by atoms with Gasteiger partial charge < -0.3 is 4.90 Å². The topological polar surface area (TPSA) is 20.3 Å². The van der Waals surface area contributed by atoms with Crippen LogP contribution >= 0.6 is 0 Å². The molecular weight excluding hydrogens is 294 g/mol. The van der Waals surface area contributed by atoms with Gasteiger partial charge in [-0.05, 0) is 68.8 Å². The van der Waals surface area contributed by atoms with Crippen LogP contribution in [0.25, 0.3) is 0 Å². The Balaban J connectivity index is 1.52. The van der Waals surface area contributed by atoms with Crippen LogP contribution in [0, 0.1) is 29.1 Å². The maximum absolute atomic E-state index is 13.1. The molecule has 5 rings (SSSR count). The average molecular weight is 323 g/mol. The van der Waals surface area contributed by atoms with E-state index < -0.39 is 0 Å². The van der Waals surface area contributed by atoms with Gasteiger partial charge in [0.2, 0.25) is 5.91 Å². The molecule has 1 aromatic rings. The minimum absolute atomic E-state index is 0.245. The Kier molecular flexibility index (Phi) is 3.18. The summed E-state index contributed by atoms with van der Waals surface area (Å²) in [5.41, 5.74) is 1.08. The molecule has 3 bridgehead atoms. The van der Waals surface area contributed by atoms with Crippen molar-refractivity contribution in [2.24, 2.45) is 29.1 Å². The van der Waals surface area contributed by atoms with Crippen LogP contribution in [0.15, 0.2) is 30.3 Å². The van der Waals surface area contributed by atoms with E-state index in [1.165, 1.54) is 44.1 Å². The highest BCUT2D eigenvalue weighted by Gasteiger charge is 2.61. The molecule has 4 aliphatic rings. The van der Waals surface area contributed by atoms with Crippen LogP contribution < -0.4 is 0 Å². The van der Waals surface area contributed by atoms with Crippen molar-refractivity contribution >= 4 is 5.91 Å². The van der Waals surface area contributed by atoms with E-state index in [-0.39, 0.29) is 11.5 Å². The van der Waals surface area contributed by atoms with E-state index in [1.807, 2.05) is 0 Å². The molecule has 4 fully saturated rings. The number of carbonyl (C=O) groups excluding carboxylic acids is 1. The van der Waals surface area contributed by atoms with Crippen molar-refractivity contribution in [2.45, 2.75) is 64.5 Å². The molecule has 3 aliphatic carbocycles. The van der Waals surface area contributed by atoms with E-state index in [4.69, 9.17) is 0 Å². The second kappa shape index (κ2) is 5.09. The van der Waals surface area contributed by atoms with Gasteiger partial charge in [-0.3, -0.25) is 4.79 Å². The summed E-state index contributed by atoms with van der Waals surface area (Å²) >= 11 is 0. The molecule has 2 nitrogen and oxygen atoms in total. The summed E-state index contributed by atoms with van der Waals surface area (Å²) in [7, 11) is 0. The van der Waals surface area contributed by atoms with Gasteiger partial charge in [0.1, 0.15) is 0 Å². The molecule has 0 N–H and O–H groups in total. The van der Waals surface area contributed by atoms with Gasteiger partial charge in [0, 0.05) is 6.04 Å². The molecule has 24 heavy (non-hydrogen) atoms. The monoisotopic (exact) mass is 323 g/mol. The molecule has 3 saturated carbocycles. The molecule has 1 amide bonds. The van der Waals surface area contributed by atoms with E-state index >= 15 is 0 Å². The van der Waals surface area contributed by atoms with Gasteiger partial charge in [-0.15, -0.1) is 0 Å². The summed E-state index contributed by atoms with van der Waals surface area (Å²) in [6, 6.07) is 11.5. The minimum Gasteiger partial charge on any atom is -0.331 e. The van der Waals surface area contributed by atoms with Crippen LogP contribution in [-0.4, -0.2) is 16.8 Å². The zero-order valence-corrected chi connectivity index (χ0v) is 14.9. The molecule has 0 radical (unpaired) electrons. The number of hydrogen-bond acceptors (Lipinski definition) is 1. The number of β-lactam (4-membered cyclic amide) rings is 1. The van der Waals surface area contributed by atoms with Crippen molar-refractivity contribution in [3.05, 3.63) is 35.9 Å². The molecule has 6 atom stereocenters. The highest BCUT2D eigenvalue weighted by Crippen LogP contribution is 2.60. The summed E-state index contributed by atoms with van der Waals surface area (Å²) in [5.74, 6) is 3.86. The smallest absolute Gasteiger partial charge is 0.231 e. The molecule has 1 aromatic carbocycles. The third kappa shape index (κ3) is 1.92. The first-order valence-corrected chi connectivity index (χ1v) is 9.95. The lowest BCUT2D eigenvalue weighted by atomic mass is 9.65. The van der Waals surface area contributed by atoms with Gasteiger partial charge in [-0.2, -0.15) is 0 Å². The summed E-state index contributed by atoms with van der Waals surface area (Å²) in [6.45, 7) is 4.29. The first kappa shape index (κ1) is 15.0. The van der Waals surface area contributed by atoms with Gasteiger partial charge in [-0.25, -0.2) is 0 Å². The first-order valence-electron chi connectivity index (χ1n) is 9.95. The Bertz CT molecular complexity index is 651. The highest BCUT2D eigenvalue weighted by atomic mass is 16.2. The fourth-order valence-electron chi connectivity index (χ4n) is 6.85. The molecule has 1 saturated heterocycles. The molecular formula is C22H29NO. The van der Waals surface area contributed by atoms with Crippen LogP contribution in [0.2, 0.25) is 0 Å². The van der Waals surface area contributed by atoms with Gasteiger partial charge in [-0.1, -0.05) is 43.2 Å². The highest BCUT2D eigenvalue weighted by molar-refractivity contribution is 5.90. The minimum atomic E-state index is -0.245. The molecule has 6 unspecified atom stereocenters. The number of rotatable bonds is 2. The lowest BCUT2D eigenvalue weighted by molar-refractivity contribution is -0.182. The molecule has 2 heteroatoms. The second-order valence-corrected chi connectivity index (χ2v) is 9.42. The third-order valence-corrected chi connectivity index (χ3v) is 7.78. The lowest BCUT2D eigenvalue weighted by Crippen LogP contribution is -2.67. The van der Waals surface area contributed by atoms with Crippen molar-refractivity contribution in [1.82, 2.24) is 4.90 Å². The number of carbonyl (C=O) groups is 1. The summed E-state index contributed by atoms with van der Waals surface area (Å²) in [4.78, 5) is 15.5. The summed E-state index contributed by atoms with van der Waals surface area (Å²) in [5, 5.41) is 0. The average Bonchev–Trinajstić information content (AvgIpc) is 2.81. The van der Waals surface area contributed by atoms with Crippen molar-refractivity contribution in [3.63, 3.8) is 0 Å². The van der Waals surface area contributed by atoms with E-state index in [1.54, 1.807) is 0 Å².